The van der Waals surface area contributed by atoms with Crippen LogP contribution in [0.1, 0.15) is 32.6 Å². The van der Waals surface area contributed by atoms with Gasteiger partial charge in [-0.2, -0.15) is 8.42 Å². The lowest BCUT2D eigenvalue weighted by atomic mass is 10.5. The molecule has 5 nitrogen and oxygen atoms in total. The Labute approximate surface area is 96.2 Å². The van der Waals surface area contributed by atoms with Gasteiger partial charge in [-0.25, -0.2) is 8.42 Å². The molecule has 0 aliphatic heterocycles. The summed E-state index contributed by atoms with van der Waals surface area (Å²) in [6.45, 7) is 1.70. The van der Waals surface area contributed by atoms with Crippen molar-refractivity contribution >= 4 is 20.0 Å². The number of rotatable bonds is 5. The summed E-state index contributed by atoms with van der Waals surface area (Å²) in [4.78, 5) is 0. The molecule has 0 atom stereocenters. The van der Waals surface area contributed by atoms with E-state index >= 15 is 0 Å². The number of hydrogen-bond donors (Lipinski definition) is 0. The summed E-state index contributed by atoms with van der Waals surface area (Å²) in [5.74, 6) is -0.394. The van der Waals surface area contributed by atoms with E-state index in [1.54, 1.807) is 6.92 Å². The van der Waals surface area contributed by atoms with E-state index in [1.165, 1.54) is 0 Å². The molecule has 2 fully saturated rings. The van der Waals surface area contributed by atoms with E-state index in [4.69, 9.17) is 0 Å². The third-order valence-corrected chi connectivity index (χ3v) is 8.67. The van der Waals surface area contributed by atoms with Crippen molar-refractivity contribution < 1.29 is 21.0 Å². The van der Waals surface area contributed by atoms with Crippen LogP contribution in [0.2, 0.25) is 0 Å². The molecule has 2 aliphatic carbocycles. The second-order valence-corrected chi connectivity index (χ2v) is 9.60. The van der Waals surface area contributed by atoms with E-state index in [1.807, 2.05) is 0 Å². The summed E-state index contributed by atoms with van der Waals surface area (Å²) in [5.41, 5.74) is 0. The fourth-order valence-electron chi connectivity index (χ4n) is 1.98. The Morgan fingerprint density at radius 1 is 1.06 bits per heavy atom. The van der Waals surface area contributed by atoms with Gasteiger partial charge in [-0.05, 0) is 32.6 Å². The molecule has 2 saturated carbocycles. The Hall–Kier alpha value is -0.140. The van der Waals surface area contributed by atoms with Gasteiger partial charge in [-0.15, -0.1) is 0 Å². The van der Waals surface area contributed by atoms with Gasteiger partial charge in [0.2, 0.25) is 0 Å². The van der Waals surface area contributed by atoms with E-state index in [2.05, 4.69) is 4.18 Å². The van der Waals surface area contributed by atoms with Gasteiger partial charge in [0.05, 0.1) is 22.4 Å². The highest BCUT2D eigenvalue weighted by Gasteiger charge is 2.66. The van der Waals surface area contributed by atoms with E-state index in [9.17, 15) is 16.8 Å². The smallest absolute Gasteiger partial charge is 0.268 e. The molecule has 0 heterocycles. The second-order valence-electron chi connectivity index (χ2n) is 5.01. The highest BCUT2D eigenvalue weighted by atomic mass is 32.2. The van der Waals surface area contributed by atoms with Crippen LogP contribution in [0, 0.1) is 0 Å². The SMILES string of the molecule is COS(=O)(=O)CC1(S(=O)(=O)C2(C)CC2)CC1. The molecule has 0 saturated heterocycles. The Bertz CT molecular complexity index is 494. The van der Waals surface area contributed by atoms with Crippen LogP contribution in [0.3, 0.4) is 0 Å². The fourth-order valence-corrected chi connectivity index (χ4v) is 6.41. The maximum absolute atomic E-state index is 12.3. The number of sulfone groups is 1. The lowest BCUT2D eigenvalue weighted by molar-refractivity contribution is 0.396. The largest absolute Gasteiger partial charge is 0.273 e. The lowest BCUT2D eigenvalue weighted by Crippen LogP contribution is -2.39. The summed E-state index contributed by atoms with van der Waals surface area (Å²) in [5, 5.41) is 0. The van der Waals surface area contributed by atoms with Crippen molar-refractivity contribution in [1.29, 1.82) is 0 Å². The molecule has 2 aliphatic rings. The van der Waals surface area contributed by atoms with Crippen molar-refractivity contribution in [2.24, 2.45) is 0 Å². The quantitative estimate of drug-likeness (QED) is 0.677. The first kappa shape index (κ1) is 12.3. The Kier molecular flexibility index (Phi) is 2.47. The van der Waals surface area contributed by atoms with Crippen molar-refractivity contribution in [2.45, 2.75) is 42.1 Å². The van der Waals surface area contributed by atoms with Crippen LogP contribution in [0.25, 0.3) is 0 Å². The first-order valence-electron chi connectivity index (χ1n) is 5.21. The average Bonchev–Trinajstić information content (AvgIpc) is 3.04. The van der Waals surface area contributed by atoms with E-state index in [0.717, 1.165) is 7.11 Å². The minimum atomic E-state index is -3.71. The minimum Gasteiger partial charge on any atom is -0.273 e. The summed E-state index contributed by atoms with van der Waals surface area (Å²) in [7, 11) is -6.00. The lowest BCUT2D eigenvalue weighted by Gasteiger charge is -2.20. The Balaban J connectivity index is 2.28. The predicted molar refractivity (Wildman–Crippen MR) is 59.3 cm³/mol. The fraction of sp³-hybridized carbons (Fsp3) is 1.00. The third-order valence-electron chi connectivity index (χ3n) is 3.67. The Morgan fingerprint density at radius 3 is 1.88 bits per heavy atom. The molecule has 0 radical (unpaired) electrons. The van der Waals surface area contributed by atoms with Gasteiger partial charge in [-0.3, -0.25) is 4.18 Å². The first-order valence-corrected chi connectivity index (χ1v) is 8.27. The first-order chi connectivity index (χ1) is 7.18. The molecule has 0 aromatic heterocycles. The van der Waals surface area contributed by atoms with Gasteiger partial charge in [-0.1, -0.05) is 0 Å². The van der Waals surface area contributed by atoms with Gasteiger partial charge in [0, 0.05) is 0 Å². The van der Waals surface area contributed by atoms with Crippen molar-refractivity contribution in [3.05, 3.63) is 0 Å². The molecule has 0 N–H and O–H groups in total. The molecule has 0 bridgehead atoms. The molecule has 94 valence electrons. The summed E-state index contributed by atoms with van der Waals surface area (Å²) < 4.78 is 49.9. The molecule has 0 spiro atoms. The third kappa shape index (κ3) is 1.69. The van der Waals surface area contributed by atoms with Crippen molar-refractivity contribution in [2.75, 3.05) is 12.9 Å². The van der Waals surface area contributed by atoms with E-state index in [0.29, 0.717) is 25.7 Å². The van der Waals surface area contributed by atoms with E-state index in [-0.39, 0.29) is 0 Å². The maximum Gasteiger partial charge on any atom is 0.268 e. The molecule has 0 aromatic carbocycles. The molecule has 0 aromatic rings. The van der Waals surface area contributed by atoms with Gasteiger partial charge >= 0.3 is 0 Å². The van der Waals surface area contributed by atoms with E-state index < -0.39 is 35.2 Å². The van der Waals surface area contributed by atoms with Crippen molar-refractivity contribution in [3.8, 4) is 0 Å². The zero-order valence-electron chi connectivity index (χ0n) is 9.39. The molecule has 16 heavy (non-hydrogen) atoms. The van der Waals surface area contributed by atoms with Crippen LogP contribution in [-0.4, -0.2) is 39.2 Å². The number of hydrogen-bond acceptors (Lipinski definition) is 5. The highest BCUT2D eigenvalue weighted by molar-refractivity contribution is 7.96. The van der Waals surface area contributed by atoms with Gasteiger partial charge in [0.1, 0.15) is 0 Å². The zero-order chi connectivity index (χ0) is 12.2. The molecule has 0 unspecified atom stereocenters. The van der Waals surface area contributed by atoms with Gasteiger partial charge in [0.25, 0.3) is 10.1 Å². The zero-order valence-corrected chi connectivity index (χ0v) is 11.0. The summed E-state index contributed by atoms with van der Waals surface area (Å²) >= 11 is 0. The van der Waals surface area contributed by atoms with Gasteiger partial charge < -0.3 is 0 Å². The van der Waals surface area contributed by atoms with Crippen molar-refractivity contribution in [3.63, 3.8) is 0 Å². The standard InChI is InChI=1S/C9H16O5S2/c1-8(3-4-8)16(12,13)9(5-6-9)7-15(10,11)14-2/h3-7H2,1-2H3. The summed E-state index contributed by atoms with van der Waals surface area (Å²) in [6.07, 6.45) is 2.16. The monoisotopic (exact) mass is 268 g/mol. The normalized spacial score (nSPS) is 26.4. The molecule has 7 heteroatoms. The summed E-state index contributed by atoms with van der Waals surface area (Å²) in [6, 6.07) is 0. The highest BCUT2D eigenvalue weighted by Crippen LogP contribution is 2.56. The van der Waals surface area contributed by atoms with Crippen LogP contribution in [-0.2, 0) is 24.1 Å². The topological polar surface area (TPSA) is 77.5 Å². The molecular weight excluding hydrogens is 252 g/mol. The van der Waals surface area contributed by atoms with Gasteiger partial charge in [0.15, 0.2) is 9.84 Å². The molecule has 0 amide bonds. The second kappa shape index (κ2) is 3.20. The molecular formula is C9H16O5S2. The Morgan fingerprint density at radius 2 is 1.56 bits per heavy atom. The van der Waals surface area contributed by atoms with Crippen LogP contribution in [0.4, 0.5) is 0 Å². The van der Waals surface area contributed by atoms with Crippen LogP contribution in [0.5, 0.6) is 0 Å². The minimum absolute atomic E-state index is 0.394. The molecule has 2 rings (SSSR count). The van der Waals surface area contributed by atoms with Crippen LogP contribution < -0.4 is 0 Å². The maximum atomic E-state index is 12.3. The average molecular weight is 268 g/mol. The van der Waals surface area contributed by atoms with Crippen LogP contribution >= 0.6 is 0 Å². The van der Waals surface area contributed by atoms with Crippen LogP contribution in [0.15, 0.2) is 0 Å². The predicted octanol–water partition coefficient (Wildman–Crippen LogP) is 0.462. The van der Waals surface area contributed by atoms with Crippen molar-refractivity contribution in [1.82, 2.24) is 0 Å².